The summed E-state index contributed by atoms with van der Waals surface area (Å²) in [5.74, 6) is 2.51. The van der Waals surface area contributed by atoms with Crippen LogP contribution >= 0.6 is 0 Å². The Morgan fingerprint density at radius 2 is 0.737 bits per heavy atom. The highest BCUT2D eigenvalue weighted by molar-refractivity contribution is 5.45. The average molecular weight is 502 g/mol. The van der Waals surface area contributed by atoms with Crippen molar-refractivity contribution >= 4 is 5.69 Å². The molecule has 5 rings (SSSR count). The average Bonchev–Trinajstić information content (AvgIpc) is 2.99. The van der Waals surface area contributed by atoms with Crippen LogP contribution in [0.1, 0.15) is 22.3 Å². The molecule has 0 heterocycles. The van der Waals surface area contributed by atoms with E-state index < -0.39 is 0 Å². The van der Waals surface area contributed by atoms with E-state index in [0.29, 0.717) is 19.8 Å². The van der Waals surface area contributed by atoms with Gasteiger partial charge in [-0.25, -0.2) is 0 Å². The molecule has 0 unspecified atom stereocenters. The monoisotopic (exact) mass is 501 g/mol. The Labute approximate surface area is 224 Å². The predicted octanol–water partition coefficient (Wildman–Crippen LogP) is 8.04. The number of anilines is 1. The number of rotatable bonds is 12. The summed E-state index contributed by atoms with van der Waals surface area (Å²) in [5.41, 5.74) is 5.68. The highest BCUT2D eigenvalue weighted by Crippen LogP contribution is 2.21. The number of benzene rings is 5. The third-order valence-corrected chi connectivity index (χ3v) is 6.10. The van der Waals surface area contributed by atoms with Crippen LogP contribution in [-0.2, 0) is 26.4 Å². The van der Waals surface area contributed by atoms with Crippen molar-refractivity contribution in [2.24, 2.45) is 0 Å². The standard InChI is InChI=1S/C34H31NO3/c1-3-7-28(8-4-1)24-36-32-17-13-27(14-18-32)23-35-31-15-11-30(12-16-31)26-38-34-21-19-33(20-22-34)37-25-29-9-5-2-6-10-29/h1-22,35H,23-26H2. The Morgan fingerprint density at radius 3 is 1.18 bits per heavy atom. The van der Waals surface area contributed by atoms with Crippen LogP contribution in [0, 0.1) is 0 Å². The van der Waals surface area contributed by atoms with Crippen LogP contribution in [0.15, 0.2) is 133 Å². The molecule has 1 N–H and O–H groups in total. The molecule has 0 aliphatic carbocycles. The molecule has 190 valence electrons. The summed E-state index contributed by atoms with van der Waals surface area (Å²) in [6.07, 6.45) is 0. The predicted molar refractivity (Wildman–Crippen MR) is 153 cm³/mol. The van der Waals surface area contributed by atoms with Crippen LogP contribution < -0.4 is 19.5 Å². The van der Waals surface area contributed by atoms with Gasteiger partial charge in [0.05, 0.1) is 0 Å². The van der Waals surface area contributed by atoms with E-state index in [2.05, 4.69) is 66.0 Å². The lowest BCUT2D eigenvalue weighted by molar-refractivity contribution is 0.297. The van der Waals surface area contributed by atoms with Gasteiger partial charge in [0.2, 0.25) is 0 Å². The highest BCUT2D eigenvalue weighted by Gasteiger charge is 2.01. The first-order valence-electron chi connectivity index (χ1n) is 12.8. The molecule has 4 heteroatoms. The van der Waals surface area contributed by atoms with E-state index in [1.807, 2.05) is 72.8 Å². The third-order valence-electron chi connectivity index (χ3n) is 6.10. The molecule has 0 aliphatic rings. The number of hydrogen-bond acceptors (Lipinski definition) is 4. The molecule has 5 aromatic rings. The maximum absolute atomic E-state index is 5.95. The molecule has 0 atom stereocenters. The van der Waals surface area contributed by atoms with Gasteiger partial charge < -0.3 is 19.5 Å². The SMILES string of the molecule is c1ccc(COc2ccc(CNc3ccc(COc4ccc(OCc5ccccc5)cc4)cc3)cc2)cc1. The van der Waals surface area contributed by atoms with Crippen LogP contribution in [0.3, 0.4) is 0 Å². The van der Waals surface area contributed by atoms with Gasteiger partial charge in [-0.2, -0.15) is 0 Å². The Morgan fingerprint density at radius 1 is 0.368 bits per heavy atom. The number of hydrogen-bond donors (Lipinski definition) is 1. The fraction of sp³-hybridized carbons (Fsp3) is 0.118. The van der Waals surface area contributed by atoms with E-state index in [1.165, 1.54) is 5.56 Å². The maximum Gasteiger partial charge on any atom is 0.120 e. The minimum Gasteiger partial charge on any atom is -0.489 e. The summed E-state index contributed by atoms with van der Waals surface area (Å²) in [6, 6.07) is 44.6. The van der Waals surface area contributed by atoms with E-state index in [4.69, 9.17) is 14.2 Å². The van der Waals surface area contributed by atoms with Crippen molar-refractivity contribution in [2.75, 3.05) is 5.32 Å². The molecule has 0 saturated carbocycles. The smallest absolute Gasteiger partial charge is 0.120 e. The molecule has 38 heavy (non-hydrogen) atoms. The maximum atomic E-state index is 5.95. The van der Waals surface area contributed by atoms with Crippen LogP contribution in [0.25, 0.3) is 0 Å². The van der Waals surface area contributed by atoms with Gasteiger partial charge in [0.15, 0.2) is 0 Å². The third kappa shape index (κ3) is 7.65. The Balaban J connectivity index is 1.03. The summed E-state index contributed by atoms with van der Waals surface area (Å²) in [6.45, 7) is 2.38. The Kier molecular flexibility index (Phi) is 8.56. The van der Waals surface area contributed by atoms with Gasteiger partial charge in [0, 0.05) is 12.2 Å². The molecule has 0 aromatic heterocycles. The first-order chi connectivity index (χ1) is 18.8. The van der Waals surface area contributed by atoms with Crippen molar-refractivity contribution in [3.8, 4) is 17.2 Å². The summed E-state index contributed by atoms with van der Waals surface area (Å²) >= 11 is 0. The first-order valence-corrected chi connectivity index (χ1v) is 12.8. The van der Waals surface area contributed by atoms with Crippen molar-refractivity contribution in [3.63, 3.8) is 0 Å². The molecule has 0 radical (unpaired) electrons. The molecular weight excluding hydrogens is 470 g/mol. The van der Waals surface area contributed by atoms with Crippen LogP contribution in [0.4, 0.5) is 5.69 Å². The molecular formula is C34H31NO3. The van der Waals surface area contributed by atoms with Gasteiger partial charge in [-0.05, 0) is 70.8 Å². The van der Waals surface area contributed by atoms with Crippen molar-refractivity contribution in [1.82, 2.24) is 0 Å². The fourth-order valence-corrected chi connectivity index (χ4v) is 3.91. The van der Waals surface area contributed by atoms with E-state index in [1.54, 1.807) is 0 Å². The number of nitrogens with one attached hydrogen (secondary N) is 1. The lowest BCUT2D eigenvalue weighted by atomic mass is 10.2. The molecule has 0 aliphatic heterocycles. The molecule has 0 saturated heterocycles. The summed E-state index contributed by atoms with van der Waals surface area (Å²) in [7, 11) is 0. The minimum atomic E-state index is 0.509. The van der Waals surface area contributed by atoms with E-state index in [0.717, 1.165) is 46.2 Å². The van der Waals surface area contributed by atoms with Gasteiger partial charge in [-0.15, -0.1) is 0 Å². The minimum absolute atomic E-state index is 0.509. The van der Waals surface area contributed by atoms with Gasteiger partial charge in [-0.3, -0.25) is 0 Å². The zero-order valence-corrected chi connectivity index (χ0v) is 21.3. The van der Waals surface area contributed by atoms with Crippen LogP contribution in [0.5, 0.6) is 17.2 Å². The van der Waals surface area contributed by atoms with E-state index in [-0.39, 0.29) is 0 Å². The molecule has 5 aromatic carbocycles. The van der Waals surface area contributed by atoms with Crippen molar-refractivity contribution in [3.05, 3.63) is 156 Å². The normalized spacial score (nSPS) is 10.5. The molecule has 4 nitrogen and oxygen atoms in total. The quantitative estimate of drug-likeness (QED) is 0.188. The largest absolute Gasteiger partial charge is 0.489 e. The number of ether oxygens (including phenoxy) is 3. The second-order valence-corrected chi connectivity index (χ2v) is 9.00. The first kappa shape index (κ1) is 25.0. The second kappa shape index (κ2) is 13.0. The molecule has 0 fully saturated rings. The van der Waals surface area contributed by atoms with Crippen molar-refractivity contribution in [2.45, 2.75) is 26.4 Å². The molecule has 0 amide bonds. The zero-order chi connectivity index (χ0) is 25.8. The van der Waals surface area contributed by atoms with Crippen LogP contribution in [0.2, 0.25) is 0 Å². The summed E-state index contributed by atoms with van der Waals surface area (Å²) in [5, 5.41) is 3.47. The van der Waals surface area contributed by atoms with E-state index >= 15 is 0 Å². The summed E-state index contributed by atoms with van der Waals surface area (Å²) < 4.78 is 17.7. The highest BCUT2D eigenvalue weighted by atomic mass is 16.5. The van der Waals surface area contributed by atoms with Gasteiger partial charge in [-0.1, -0.05) is 84.9 Å². The molecule has 0 bridgehead atoms. The van der Waals surface area contributed by atoms with Gasteiger partial charge >= 0.3 is 0 Å². The zero-order valence-electron chi connectivity index (χ0n) is 21.3. The molecule has 0 spiro atoms. The lowest BCUT2D eigenvalue weighted by Gasteiger charge is -2.11. The lowest BCUT2D eigenvalue weighted by Crippen LogP contribution is -2.01. The fourth-order valence-electron chi connectivity index (χ4n) is 3.91. The van der Waals surface area contributed by atoms with Gasteiger partial charge in [0.25, 0.3) is 0 Å². The topological polar surface area (TPSA) is 39.7 Å². The van der Waals surface area contributed by atoms with Crippen LogP contribution in [-0.4, -0.2) is 0 Å². The van der Waals surface area contributed by atoms with E-state index in [9.17, 15) is 0 Å². The Hall–Kier alpha value is -4.70. The van der Waals surface area contributed by atoms with Crippen molar-refractivity contribution in [1.29, 1.82) is 0 Å². The Bertz CT molecular complexity index is 1260. The summed E-state index contributed by atoms with van der Waals surface area (Å²) in [4.78, 5) is 0. The van der Waals surface area contributed by atoms with Crippen molar-refractivity contribution < 1.29 is 14.2 Å². The van der Waals surface area contributed by atoms with Gasteiger partial charge in [0.1, 0.15) is 37.1 Å². The second-order valence-electron chi connectivity index (χ2n) is 9.00.